The maximum absolute atomic E-state index is 14.5. The number of primary amides is 1. The van der Waals surface area contributed by atoms with Crippen molar-refractivity contribution in [2.75, 3.05) is 6.54 Å². The first kappa shape index (κ1) is 37.8. The number of nitrogens with zero attached hydrogens (tertiary/aromatic N) is 1. The standard InChI is InChI=1S/C37H47N5O6.C3H8/c38-33(45)32(44)29(19-23-13-14-23)39-34(46)30-12-7-17-42(30)35(47)31(27-20-25-9-2-3-10-26(25)21-27)40-36(48)41-37(15-4-1-5-16-37)22-24-8-6-11-28(43)18-24;1-3-2/h2-3,6,8-11,18,23,27,29-31,43H,1,4-5,7,12-17,19-22H2,(H2,38,45)(H,39,46)(H2,40,41,48);3H2,1-2H3. The zero-order chi connectivity index (χ0) is 36.5. The molecular formula is C40H55N5O6. The molecular weight excluding hydrogens is 646 g/mol. The highest BCUT2D eigenvalue weighted by Gasteiger charge is 2.44. The molecule has 2 aromatic rings. The highest BCUT2D eigenvalue weighted by Crippen LogP contribution is 2.35. The molecule has 1 saturated heterocycles. The average molecular weight is 702 g/mol. The lowest BCUT2D eigenvalue weighted by Crippen LogP contribution is -2.61. The molecule has 6 rings (SSSR count). The maximum Gasteiger partial charge on any atom is 0.315 e. The van der Waals surface area contributed by atoms with Gasteiger partial charge in [-0.25, -0.2) is 4.79 Å². The number of hydrogen-bond donors (Lipinski definition) is 5. The van der Waals surface area contributed by atoms with Gasteiger partial charge in [-0.3, -0.25) is 19.2 Å². The molecule has 0 spiro atoms. The van der Waals surface area contributed by atoms with Crippen molar-refractivity contribution in [3.05, 3.63) is 65.2 Å². The lowest BCUT2D eigenvalue weighted by molar-refractivity contribution is -0.142. The maximum atomic E-state index is 14.5. The number of benzene rings is 2. The number of phenolic OH excluding ortho intramolecular Hbond substituents is 1. The number of fused-ring (bicyclic) bond motifs is 1. The molecule has 2 aromatic carbocycles. The molecule has 11 nitrogen and oxygen atoms in total. The van der Waals surface area contributed by atoms with Gasteiger partial charge in [-0.15, -0.1) is 0 Å². The molecule has 276 valence electrons. The zero-order valence-corrected chi connectivity index (χ0v) is 30.1. The molecule has 5 amide bonds. The summed E-state index contributed by atoms with van der Waals surface area (Å²) >= 11 is 0. The van der Waals surface area contributed by atoms with Gasteiger partial charge < -0.3 is 31.7 Å². The van der Waals surface area contributed by atoms with Crippen LogP contribution in [0.15, 0.2) is 48.5 Å². The van der Waals surface area contributed by atoms with Crippen molar-refractivity contribution in [2.45, 2.75) is 127 Å². The van der Waals surface area contributed by atoms with Crippen molar-refractivity contribution in [3.8, 4) is 5.75 Å². The number of amides is 5. The van der Waals surface area contributed by atoms with Gasteiger partial charge in [0.15, 0.2) is 0 Å². The monoisotopic (exact) mass is 701 g/mol. The highest BCUT2D eigenvalue weighted by atomic mass is 16.3. The summed E-state index contributed by atoms with van der Waals surface area (Å²) in [6, 6.07) is 12.0. The molecule has 6 N–H and O–H groups in total. The summed E-state index contributed by atoms with van der Waals surface area (Å²) in [5.74, 6) is -2.49. The predicted octanol–water partition coefficient (Wildman–Crippen LogP) is 4.47. The van der Waals surface area contributed by atoms with Crippen molar-refractivity contribution in [2.24, 2.45) is 17.6 Å². The van der Waals surface area contributed by atoms with E-state index < -0.39 is 47.3 Å². The number of rotatable bonds is 12. The van der Waals surface area contributed by atoms with E-state index in [-0.39, 0.29) is 23.5 Å². The number of nitrogens with one attached hydrogen (secondary N) is 3. The van der Waals surface area contributed by atoms with E-state index in [0.29, 0.717) is 45.1 Å². The van der Waals surface area contributed by atoms with Gasteiger partial charge in [0.05, 0.1) is 6.04 Å². The molecule has 3 unspecified atom stereocenters. The number of Topliss-reactive ketones (excluding diaryl/α,β-unsaturated/α-hetero) is 1. The number of ketones is 1. The highest BCUT2D eigenvalue weighted by molar-refractivity contribution is 6.37. The number of likely N-dealkylation sites (tertiary alicyclic amines) is 1. The molecule has 0 bridgehead atoms. The molecule has 0 aromatic heterocycles. The van der Waals surface area contributed by atoms with Crippen molar-refractivity contribution in [1.29, 1.82) is 0 Å². The number of nitrogens with two attached hydrogens (primary N) is 1. The number of carbonyl (C=O) groups is 5. The quantitative estimate of drug-likeness (QED) is 0.205. The van der Waals surface area contributed by atoms with Gasteiger partial charge in [-0.2, -0.15) is 0 Å². The molecule has 4 aliphatic rings. The Hall–Kier alpha value is -4.41. The molecule has 0 radical (unpaired) electrons. The van der Waals surface area contributed by atoms with Crippen LogP contribution in [0.3, 0.4) is 0 Å². The largest absolute Gasteiger partial charge is 0.508 e. The zero-order valence-electron chi connectivity index (χ0n) is 30.1. The fourth-order valence-electron chi connectivity index (χ4n) is 8.10. The molecule has 1 heterocycles. The van der Waals surface area contributed by atoms with Crippen LogP contribution in [0.1, 0.15) is 101 Å². The molecule has 1 aliphatic heterocycles. The van der Waals surface area contributed by atoms with Gasteiger partial charge in [0, 0.05) is 12.1 Å². The van der Waals surface area contributed by atoms with Crippen LogP contribution in [0.2, 0.25) is 0 Å². The first-order valence-electron chi connectivity index (χ1n) is 18.9. The molecule has 3 aliphatic carbocycles. The molecule has 3 fully saturated rings. The third-order valence-electron chi connectivity index (χ3n) is 10.7. The van der Waals surface area contributed by atoms with Gasteiger partial charge >= 0.3 is 6.03 Å². The molecule has 3 atom stereocenters. The second-order valence-corrected chi connectivity index (χ2v) is 15.1. The Morgan fingerprint density at radius 2 is 1.57 bits per heavy atom. The van der Waals surface area contributed by atoms with Crippen LogP contribution in [0.5, 0.6) is 5.75 Å². The van der Waals surface area contributed by atoms with E-state index in [9.17, 15) is 29.1 Å². The number of hydrogen-bond acceptors (Lipinski definition) is 6. The van der Waals surface area contributed by atoms with Crippen LogP contribution in [0.4, 0.5) is 4.79 Å². The van der Waals surface area contributed by atoms with Crippen LogP contribution in [0.25, 0.3) is 0 Å². The van der Waals surface area contributed by atoms with Crippen LogP contribution in [0, 0.1) is 11.8 Å². The van der Waals surface area contributed by atoms with E-state index in [1.54, 1.807) is 18.2 Å². The second-order valence-electron chi connectivity index (χ2n) is 15.1. The van der Waals surface area contributed by atoms with Crippen LogP contribution >= 0.6 is 0 Å². The summed E-state index contributed by atoms with van der Waals surface area (Å²) < 4.78 is 0. The van der Waals surface area contributed by atoms with Crippen molar-refractivity contribution >= 4 is 29.5 Å². The Morgan fingerprint density at radius 3 is 2.18 bits per heavy atom. The van der Waals surface area contributed by atoms with E-state index >= 15 is 0 Å². The Balaban J connectivity index is 0.00000162. The van der Waals surface area contributed by atoms with Crippen LogP contribution < -0.4 is 21.7 Å². The van der Waals surface area contributed by atoms with Crippen LogP contribution in [-0.2, 0) is 38.4 Å². The number of urea groups is 1. The summed E-state index contributed by atoms with van der Waals surface area (Å²) in [6.45, 7) is 4.59. The summed E-state index contributed by atoms with van der Waals surface area (Å²) in [7, 11) is 0. The van der Waals surface area contributed by atoms with Gasteiger partial charge in [-0.05, 0) is 92.0 Å². The van der Waals surface area contributed by atoms with Gasteiger partial charge in [0.25, 0.3) is 5.91 Å². The summed E-state index contributed by atoms with van der Waals surface area (Å²) in [5, 5.41) is 19.2. The first-order valence-corrected chi connectivity index (χ1v) is 18.9. The lowest BCUT2D eigenvalue weighted by atomic mass is 9.77. The fourth-order valence-corrected chi connectivity index (χ4v) is 8.10. The van der Waals surface area contributed by atoms with Gasteiger partial charge in [0.2, 0.25) is 17.6 Å². The second kappa shape index (κ2) is 17.2. The van der Waals surface area contributed by atoms with E-state index in [0.717, 1.165) is 61.6 Å². The number of carbonyl (C=O) groups excluding carboxylic acids is 5. The Kier molecular flexibility index (Phi) is 12.8. The molecule has 51 heavy (non-hydrogen) atoms. The average Bonchev–Trinajstić information content (AvgIpc) is 3.59. The van der Waals surface area contributed by atoms with E-state index in [1.807, 2.05) is 30.3 Å². The Morgan fingerprint density at radius 1 is 0.902 bits per heavy atom. The Bertz CT molecular complexity index is 1540. The van der Waals surface area contributed by atoms with E-state index in [2.05, 4.69) is 29.8 Å². The normalized spacial score (nSPS) is 20.6. The van der Waals surface area contributed by atoms with Gasteiger partial charge in [0.1, 0.15) is 17.8 Å². The Labute approximate surface area is 301 Å². The van der Waals surface area contributed by atoms with Crippen molar-refractivity contribution < 1.29 is 29.1 Å². The third-order valence-corrected chi connectivity index (χ3v) is 10.7. The molecule has 2 saturated carbocycles. The van der Waals surface area contributed by atoms with Crippen LogP contribution in [-0.4, -0.2) is 69.8 Å². The minimum absolute atomic E-state index is 0.177. The van der Waals surface area contributed by atoms with Gasteiger partial charge in [-0.1, -0.05) is 88.8 Å². The summed E-state index contributed by atoms with van der Waals surface area (Å²) in [5.41, 5.74) is 7.97. The summed E-state index contributed by atoms with van der Waals surface area (Å²) in [6.07, 6.45) is 10.8. The number of phenols is 1. The van der Waals surface area contributed by atoms with Crippen molar-refractivity contribution in [1.82, 2.24) is 20.9 Å². The van der Waals surface area contributed by atoms with E-state index in [1.165, 1.54) is 11.3 Å². The minimum Gasteiger partial charge on any atom is -0.508 e. The topological polar surface area (TPSA) is 171 Å². The number of aromatic hydroxyl groups is 1. The third kappa shape index (κ3) is 9.89. The lowest BCUT2D eigenvalue weighted by Gasteiger charge is -2.39. The smallest absolute Gasteiger partial charge is 0.315 e. The van der Waals surface area contributed by atoms with E-state index in [4.69, 9.17) is 5.73 Å². The van der Waals surface area contributed by atoms with Crippen molar-refractivity contribution in [3.63, 3.8) is 0 Å². The predicted molar refractivity (Wildman–Crippen MR) is 195 cm³/mol. The minimum atomic E-state index is -1.09. The fraction of sp³-hybridized carbons (Fsp3) is 0.575. The first-order chi connectivity index (χ1) is 24.5. The molecule has 11 heteroatoms. The SMILES string of the molecule is CCC.NC(=O)C(=O)C(CC1CC1)NC(=O)C1CCCN1C(=O)C(NC(=O)NC1(Cc2cccc(O)c2)CCCCC1)C1Cc2ccccc2C1. The summed E-state index contributed by atoms with van der Waals surface area (Å²) in [4.78, 5) is 67.9.